The van der Waals surface area contributed by atoms with Gasteiger partial charge >= 0.3 is 6.03 Å². The van der Waals surface area contributed by atoms with Crippen LogP contribution in [0, 0.1) is 9.77 Å². The first-order valence-electron chi connectivity index (χ1n) is 5.04. The lowest BCUT2D eigenvalue weighted by Crippen LogP contribution is -2.24. The third-order valence-corrected chi connectivity index (χ3v) is 2.91. The zero-order valence-electron chi connectivity index (χ0n) is 9.38. The maximum Gasteiger partial charge on any atom is 0.341 e. The molecule has 1 aromatic heterocycles. The van der Waals surface area contributed by atoms with Crippen LogP contribution in [0.2, 0.25) is 0 Å². The Morgan fingerprint density at radius 3 is 2.84 bits per heavy atom. The number of rotatable bonds is 3. The lowest BCUT2D eigenvalue weighted by atomic mass is 10.2. The summed E-state index contributed by atoms with van der Waals surface area (Å²) in [5, 5.41) is 12.8. The Balaban J connectivity index is 1.86. The fraction of sp³-hybridized carbons (Fsp3) is 0. The van der Waals surface area contributed by atoms with Crippen molar-refractivity contribution in [1.29, 1.82) is 0 Å². The quantitative estimate of drug-likeness (QED) is 0.462. The van der Waals surface area contributed by atoms with Gasteiger partial charge in [-0.2, -0.15) is 5.10 Å². The van der Waals surface area contributed by atoms with Crippen molar-refractivity contribution in [1.82, 2.24) is 15.6 Å². The molecular formula is C10H8FN5OS2. The number of hydrogen-bond donors (Lipinski definition) is 3. The van der Waals surface area contributed by atoms with Crippen LogP contribution in [0.3, 0.4) is 0 Å². The van der Waals surface area contributed by atoms with Crippen LogP contribution < -0.4 is 10.7 Å². The maximum absolute atomic E-state index is 12.6. The Bertz CT molecular complexity index is 648. The Morgan fingerprint density at radius 2 is 2.21 bits per heavy atom. The molecule has 2 amide bonds. The van der Waals surface area contributed by atoms with Crippen molar-refractivity contribution in [2.75, 3.05) is 5.32 Å². The number of aromatic nitrogens is 2. The van der Waals surface area contributed by atoms with E-state index in [1.807, 2.05) is 0 Å². The molecule has 0 spiro atoms. The number of hydrazone groups is 1. The van der Waals surface area contributed by atoms with E-state index in [0.717, 1.165) is 11.3 Å². The van der Waals surface area contributed by atoms with Gasteiger partial charge in [-0.15, -0.1) is 5.10 Å². The Kier molecular flexibility index (Phi) is 4.31. The van der Waals surface area contributed by atoms with Crippen LogP contribution in [-0.4, -0.2) is 22.4 Å². The van der Waals surface area contributed by atoms with Gasteiger partial charge in [-0.1, -0.05) is 23.5 Å². The highest BCUT2D eigenvalue weighted by Crippen LogP contribution is 2.09. The average Bonchev–Trinajstić information content (AvgIpc) is 2.77. The lowest BCUT2D eigenvalue weighted by Gasteiger charge is -1.98. The molecule has 19 heavy (non-hydrogen) atoms. The van der Waals surface area contributed by atoms with Crippen molar-refractivity contribution in [3.8, 4) is 0 Å². The van der Waals surface area contributed by atoms with Gasteiger partial charge in [0.15, 0.2) is 3.95 Å². The number of anilines is 1. The molecule has 0 fully saturated rings. The minimum Gasteiger partial charge on any atom is -0.281 e. The Hall–Kier alpha value is -2.13. The molecule has 0 aliphatic heterocycles. The SMILES string of the molecule is O=C(N/N=C/c1ccc(F)cc1)Nc1n[nH]c(=S)s1. The summed E-state index contributed by atoms with van der Waals surface area (Å²) in [7, 11) is 0. The van der Waals surface area contributed by atoms with Crippen molar-refractivity contribution in [3.63, 3.8) is 0 Å². The van der Waals surface area contributed by atoms with E-state index in [1.165, 1.54) is 30.5 Å². The average molecular weight is 297 g/mol. The van der Waals surface area contributed by atoms with Crippen LogP contribution in [-0.2, 0) is 0 Å². The number of aromatic amines is 1. The molecule has 98 valence electrons. The minimum atomic E-state index is -0.545. The number of nitrogens with one attached hydrogen (secondary N) is 3. The highest BCUT2D eigenvalue weighted by molar-refractivity contribution is 7.73. The highest BCUT2D eigenvalue weighted by atomic mass is 32.1. The first-order chi connectivity index (χ1) is 9.13. The molecule has 0 bridgehead atoms. The second-order valence-corrected chi connectivity index (χ2v) is 4.96. The summed E-state index contributed by atoms with van der Waals surface area (Å²) in [6.07, 6.45) is 1.39. The lowest BCUT2D eigenvalue weighted by molar-refractivity contribution is 0.252. The van der Waals surface area contributed by atoms with E-state index in [2.05, 4.69) is 26.0 Å². The topological polar surface area (TPSA) is 82.2 Å². The second kappa shape index (κ2) is 6.16. The largest absolute Gasteiger partial charge is 0.341 e. The minimum absolute atomic E-state index is 0.331. The van der Waals surface area contributed by atoms with E-state index >= 15 is 0 Å². The molecule has 1 heterocycles. The molecule has 0 saturated heterocycles. The number of urea groups is 1. The summed E-state index contributed by atoms with van der Waals surface area (Å²) in [6.45, 7) is 0. The number of halogens is 1. The van der Waals surface area contributed by atoms with E-state index in [0.29, 0.717) is 14.6 Å². The molecule has 0 unspecified atom stereocenters. The van der Waals surface area contributed by atoms with Gasteiger partial charge < -0.3 is 0 Å². The standard InChI is InChI=1S/C10H8FN5OS2/c11-7-3-1-6(2-4-7)5-12-14-8(17)13-9-15-16-10(18)19-9/h1-5H,(H,16,18)(H2,13,14,15,17)/b12-5+. The molecule has 0 saturated carbocycles. The van der Waals surface area contributed by atoms with Crippen molar-refractivity contribution in [3.05, 3.63) is 39.6 Å². The third kappa shape index (κ3) is 4.23. The van der Waals surface area contributed by atoms with Crippen molar-refractivity contribution in [2.45, 2.75) is 0 Å². The summed E-state index contributed by atoms with van der Waals surface area (Å²) in [4.78, 5) is 11.4. The van der Waals surface area contributed by atoms with Crippen LogP contribution >= 0.6 is 23.6 Å². The molecule has 6 nitrogen and oxygen atoms in total. The fourth-order valence-electron chi connectivity index (χ4n) is 1.12. The molecule has 9 heteroatoms. The van der Waals surface area contributed by atoms with Gasteiger partial charge in [0, 0.05) is 0 Å². The maximum atomic E-state index is 12.6. The molecular weight excluding hydrogens is 289 g/mol. The van der Waals surface area contributed by atoms with Gasteiger partial charge in [0.05, 0.1) is 6.21 Å². The number of carbonyl (C=O) groups is 1. The normalized spacial score (nSPS) is 10.6. The number of amides is 2. The van der Waals surface area contributed by atoms with Crippen molar-refractivity contribution in [2.24, 2.45) is 5.10 Å². The summed E-state index contributed by atoms with van der Waals surface area (Å²) in [5.74, 6) is -0.331. The molecule has 0 atom stereocenters. The first kappa shape index (κ1) is 13.3. The number of hydrogen-bond acceptors (Lipinski definition) is 5. The van der Waals surface area contributed by atoms with Gasteiger partial charge in [0.25, 0.3) is 0 Å². The van der Waals surface area contributed by atoms with Crippen LogP contribution in [0.15, 0.2) is 29.4 Å². The number of H-pyrrole nitrogens is 1. The van der Waals surface area contributed by atoms with Crippen LogP contribution in [0.5, 0.6) is 0 Å². The first-order valence-corrected chi connectivity index (χ1v) is 6.27. The summed E-state index contributed by atoms with van der Waals surface area (Å²) < 4.78 is 13.1. The number of carbonyl (C=O) groups excluding carboxylic acids is 1. The summed E-state index contributed by atoms with van der Waals surface area (Å²) in [5.41, 5.74) is 2.91. The van der Waals surface area contributed by atoms with E-state index in [4.69, 9.17) is 12.2 Å². The molecule has 1 aromatic carbocycles. The van der Waals surface area contributed by atoms with Gasteiger partial charge in [-0.3, -0.25) is 10.4 Å². The zero-order valence-corrected chi connectivity index (χ0v) is 11.0. The fourth-order valence-corrected chi connectivity index (χ4v) is 1.91. The molecule has 0 aliphatic carbocycles. The van der Waals surface area contributed by atoms with Gasteiger partial charge in [-0.05, 0) is 29.9 Å². The van der Waals surface area contributed by atoms with Crippen molar-refractivity contribution < 1.29 is 9.18 Å². The predicted octanol–water partition coefficient (Wildman–Crippen LogP) is 2.50. The van der Waals surface area contributed by atoms with Crippen LogP contribution in [0.4, 0.5) is 14.3 Å². The molecule has 0 aliphatic rings. The van der Waals surface area contributed by atoms with Crippen LogP contribution in [0.1, 0.15) is 5.56 Å². The van der Waals surface area contributed by atoms with Gasteiger partial charge in [0.1, 0.15) is 5.82 Å². The molecule has 2 aromatic rings. The molecule has 0 radical (unpaired) electrons. The van der Waals surface area contributed by atoms with E-state index in [-0.39, 0.29) is 5.82 Å². The van der Waals surface area contributed by atoms with Gasteiger partial charge in [0.2, 0.25) is 5.13 Å². The van der Waals surface area contributed by atoms with E-state index in [1.54, 1.807) is 0 Å². The highest BCUT2D eigenvalue weighted by Gasteiger charge is 2.02. The Morgan fingerprint density at radius 1 is 1.47 bits per heavy atom. The zero-order chi connectivity index (χ0) is 13.7. The third-order valence-electron chi connectivity index (χ3n) is 1.91. The monoisotopic (exact) mass is 297 g/mol. The summed E-state index contributed by atoms with van der Waals surface area (Å²) in [6, 6.07) is 5.14. The summed E-state index contributed by atoms with van der Waals surface area (Å²) >= 11 is 5.95. The van der Waals surface area contributed by atoms with Gasteiger partial charge in [-0.25, -0.2) is 14.6 Å². The smallest absolute Gasteiger partial charge is 0.281 e. The number of benzene rings is 1. The second-order valence-electron chi connectivity index (χ2n) is 3.29. The van der Waals surface area contributed by atoms with E-state index < -0.39 is 6.03 Å². The Labute approximate surface area is 116 Å². The number of nitrogens with zero attached hydrogens (tertiary/aromatic N) is 2. The predicted molar refractivity (Wildman–Crippen MR) is 73.4 cm³/mol. The van der Waals surface area contributed by atoms with E-state index in [9.17, 15) is 9.18 Å². The van der Waals surface area contributed by atoms with Crippen molar-refractivity contribution >= 4 is 40.9 Å². The molecule has 2 rings (SSSR count). The van der Waals surface area contributed by atoms with Crippen LogP contribution in [0.25, 0.3) is 0 Å². The molecule has 3 N–H and O–H groups in total.